The van der Waals surface area contributed by atoms with Gasteiger partial charge >= 0.3 is 6.03 Å². The van der Waals surface area contributed by atoms with Gasteiger partial charge in [0.15, 0.2) is 0 Å². The van der Waals surface area contributed by atoms with Crippen molar-refractivity contribution in [2.45, 2.75) is 24.8 Å². The molecule has 3 amide bonds. The number of para-hydroxylation sites is 1. The first kappa shape index (κ1) is 20.2. The molecule has 0 spiro atoms. The van der Waals surface area contributed by atoms with E-state index >= 15 is 0 Å². The lowest BCUT2D eigenvalue weighted by molar-refractivity contribution is 0.0686. The van der Waals surface area contributed by atoms with E-state index in [1.54, 1.807) is 12.3 Å². The maximum atomic E-state index is 12.8. The molecular formula is C21H26N4O2S. The molecule has 1 aliphatic rings. The Morgan fingerprint density at radius 2 is 1.93 bits per heavy atom. The predicted octanol–water partition coefficient (Wildman–Crippen LogP) is 3.79. The molecule has 1 fully saturated rings. The van der Waals surface area contributed by atoms with Gasteiger partial charge in [0, 0.05) is 31.5 Å². The van der Waals surface area contributed by atoms with Gasteiger partial charge in [-0.15, -0.1) is 11.8 Å². The van der Waals surface area contributed by atoms with Crippen LogP contribution in [0.2, 0.25) is 0 Å². The third-order valence-corrected chi connectivity index (χ3v) is 5.75. The number of aryl methyl sites for hydroxylation is 1. The van der Waals surface area contributed by atoms with Crippen molar-refractivity contribution < 1.29 is 9.59 Å². The largest absolute Gasteiger partial charge is 0.339 e. The number of carbonyl (C=O) groups excluding carboxylic acids is 2. The molecule has 2 heterocycles. The van der Waals surface area contributed by atoms with Crippen molar-refractivity contribution in [1.29, 1.82) is 0 Å². The number of nitrogens with zero attached hydrogens (tertiary/aromatic N) is 2. The minimum atomic E-state index is -0.187. The van der Waals surface area contributed by atoms with Gasteiger partial charge in [-0.3, -0.25) is 4.79 Å². The monoisotopic (exact) mass is 398 g/mol. The number of carbonyl (C=O) groups is 2. The second-order valence-corrected chi connectivity index (χ2v) is 7.74. The Balaban J connectivity index is 1.46. The highest BCUT2D eigenvalue weighted by molar-refractivity contribution is 7.98. The Bertz CT molecular complexity index is 835. The minimum Gasteiger partial charge on any atom is -0.339 e. The van der Waals surface area contributed by atoms with Crippen molar-refractivity contribution in [2.24, 2.45) is 5.92 Å². The summed E-state index contributed by atoms with van der Waals surface area (Å²) in [7, 11) is 0. The number of hydrogen-bond donors (Lipinski definition) is 2. The van der Waals surface area contributed by atoms with Crippen LogP contribution in [0, 0.1) is 12.8 Å². The lowest BCUT2D eigenvalue weighted by atomic mass is 9.96. The third-order valence-electron chi connectivity index (χ3n) is 5.04. The van der Waals surface area contributed by atoms with Gasteiger partial charge in [-0.2, -0.15) is 0 Å². The summed E-state index contributed by atoms with van der Waals surface area (Å²) >= 11 is 1.49. The summed E-state index contributed by atoms with van der Waals surface area (Å²) in [6.07, 6.45) is 5.40. The fourth-order valence-electron chi connectivity index (χ4n) is 3.34. The number of nitrogens with one attached hydrogen (secondary N) is 2. The molecule has 148 valence electrons. The smallest absolute Gasteiger partial charge is 0.319 e. The highest BCUT2D eigenvalue weighted by atomic mass is 32.2. The SMILES string of the molecule is CSc1ncccc1C(=O)N1CCC(CNC(=O)Nc2ccccc2C)CC1. The van der Waals surface area contributed by atoms with E-state index in [-0.39, 0.29) is 11.9 Å². The lowest BCUT2D eigenvalue weighted by Gasteiger charge is -2.32. The van der Waals surface area contributed by atoms with Crippen LogP contribution in [-0.2, 0) is 0 Å². The molecule has 0 bridgehead atoms. The quantitative estimate of drug-likeness (QED) is 0.752. The van der Waals surface area contributed by atoms with E-state index in [1.165, 1.54) is 11.8 Å². The van der Waals surface area contributed by atoms with Crippen LogP contribution in [0.4, 0.5) is 10.5 Å². The Labute approximate surface area is 170 Å². The first-order valence-corrected chi connectivity index (χ1v) is 10.7. The topological polar surface area (TPSA) is 74.3 Å². The summed E-state index contributed by atoms with van der Waals surface area (Å²) in [4.78, 5) is 31.1. The number of anilines is 1. The summed E-state index contributed by atoms with van der Waals surface area (Å²) in [5.74, 6) is 0.418. The Morgan fingerprint density at radius 3 is 2.64 bits per heavy atom. The lowest BCUT2D eigenvalue weighted by Crippen LogP contribution is -2.42. The molecule has 6 nitrogen and oxygen atoms in total. The molecule has 1 aliphatic heterocycles. The van der Waals surface area contributed by atoms with Gasteiger partial charge in [0.05, 0.1) is 5.56 Å². The number of urea groups is 1. The zero-order valence-corrected chi connectivity index (χ0v) is 17.1. The Morgan fingerprint density at radius 1 is 1.18 bits per heavy atom. The zero-order chi connectivity index (χ0) is 19.9. The molecule has 3 rings (SSSR count). The van der Waals surface area contributed by atoms with E-state index in [0.717, 1.165) is 29.1 Å². The average Bonchev–Trinajstić information content (AvgIpc) is 2.74. The summed E-state index contributed by atoms with van der Waals surface area (Å²) in [6.45, 7) is 3.98. The fraction of sp³-hybridized carbons (Fsp3) is 0.381. The molecule has 1 aromatic carbocycles. The van der Waals surface area contributed by atoms with E-state index in [9.17, 15) is 9.59 Å². The maximum absolute atomic E-state index is 12.8. The third kappa shape index (κ3) is 5.04. The van der Waals surface area contributed by atoms with E-state index < -0.39 is 0 Å². The molecular weight excluding hydrogens is 372 g/mol. The van der Waals surface area contributed by atoms with Crippen molar-refractivity contribution in [3.05, 3.63) is 53.7 Å². The summed E-state index contributed by atoms with van der Waals surface area (Å²) < 4.78 is 0. The molecule has 0 atom stereocenters. The summed E-state index contributed by atoms with van der Waals surface area (Å²) in [6, 6.07) is 11.2. The van der Waals surface area contributed by atoms with Gasteiger partial charge < -0.3 is 15.5 Å². The highest BCUT2D eigenvalue weighted by Gasteiger charge is 2.25. The number of piperidine rings is 1. The number of aromatic nitrogens is 1. The molecule has 0 aliphatic carbocycles. The number of likely N-dealkylation sites (tertiary alicyclic amines) is 1. The van der Waals surface area contributed by atoms with Crippen molar-refractivity contribution in [3.63, 3.8) is 0 Å². The minimum absolute atomic E-state index is 0.0427. The van der Waals surface area contributed by atoms with Crippen molar-refractivity contribution in [3.8, 4) is 0 Å². The van der Waals surface area contributed by atoms with E-state index in [0.29, 0.717) is 31.1 Å². The second-order valence-electron chi connectivity index (χ2n) is 6.95. The van der Waals surface area contributed by atoms with Gasteiger partial charge in [-0.25, -0.2) is 9.78 Å². The molecule has 2 aromatic rings. The normalized spacial score (nSPS) is 14.6. The van der Waals surface area contributed by atoms with E-state index in [2.05, 4.69) is 15.6 Å². The molecule has 7 heteroatoms. The maximum Gasteiger partial charge on any atom is 0.319 e. The molecule has 2 N–H and O–H groups in total. The van der Waals surface area contributed by atoms with Crippen LogP contribution in [0.15, 0.2) is 47.6 Å². The number of amides is 3. The van der Waals surface area contributed by atoms with E-state index in [4.69, 9.17) is 0 Å². The predicted molar refractivity (Wildman–Crippen MR) is 113 cm³/mol. The van der Waals surface area contributed by atoms with Crippen LogP contribution in [0.3, 0.4) is 0 Å². The Kier molecular flexibility index (Phi) is 6.92. The van der Waals surface area contributed by atoms with Crippen molar-refractivity contribution >= 4 is 29.4 Å². The highest BCUT2D eigenvalue weighted by Crippen LogP contribution is 2.22. The number of rotatable bonds is 5. The van der Waals surface area contributed by atoms with Crippen LogP contribution < -0.4 is 10.6 Å². The zero-order valence-electron chi connectivity index (χ0n) is 16.3. The first-order valence-electron chi connectivity index (χ1n) is 9.47. The number of thioether (sulfide) groups is 1. The average molecular weight is 399 g/mol. The van der Waals surface area contributed by atoms with Gasteiger partial charge in [-0.05, 0) is 55.7 Å². The number of benzene rings is 1. The molecule has 0 radical (unpaired) electrons. The molecule has 0 saturated carbocycles. The van der Waals surface area contributed by atoms with Crippen LogP contribution in [0.1, 0.15) is 28.8 Å². The van der Waals surface area contributed by atoms with Gasteiger partial charge in [0.2, 0.25) is 0 Å². The van der Waals surface area contributed by atoms with Crippen LogP contribution in [0.25, 0.3) is 0 Å². The number of pyridine rings is 1. The molecule has 0 unspecified atom stereocenters. The fourth-order valence-corrected chi connectivity index (χ4v) is 3.88. The molecule has 1 aromatic heterocycles. The van der Waals surface area contributed by atoms with Crippen molar-refractivity contribution in [2.75, 3.05) is 31.2 Å². The summed E-state index contributed by atoms with van der Waals surface area (Å²) in [5, 5.41) is 6.61. The number of hydrogen-bond acceptors (Lipinski definition) is 4. The van der Waals surface area contributed by atoms with Crippen LogP contribution in [0.5, 0.6) is 0 Å². The standard InChI is InChI=1S/C21H26N4O2S/c1-15-6-3-4-8-18(15)24-21(27)23-14-16-9-12-25(13-10-16)20(26)17-7-5-11-22-19(17)28-2/h3-8,11,16H,9-10,12-14H2,1-2H3,(H2,23,24,27). The second kappa shape index (κ2) is 9.59. The summed E-state index contributed by atoms with van der Waals surface area (Å²) in [5.41, 5.74) is 2.52. The molecule has 1 saturated heterocycles. The van der Waals surface area contributed by atoms with Crippen molar-refractivity contribution in [1.82, 2.24) is 15.2 Å². The van der Waals surface area contributed by atoms with E-state index in [1.807, 2.05) is 48.4 Å². The van der Waals surface area contributed by atoms with Gasteiger partial charge in [0.1, 0.15) is 5.03 Å². The Hall–Kier alpha value is -2.54. The van der Waals surface area contributed by atoms with Crippen LogP contribution in [-0.4, -0.2) is 47.7 Å². The first-order chi connectivity index (χ1) is 13.6. The van der Waals surface area contributed by atoms with Gasteiger partial charge in [0.25, 0.3) is 5.91 Å². The van der Waals surface area contributed by atoms with Crippen LogP contribution >= 0.6 is 11.8 Å². The van der Waals surface area contributed by atoms with Gasteiger partial charge in [-0.1, -0.05) is 18.2 Å². The molecule has 28 heavy (non-hydrogen) atoms.